The van der Waals surface area contributed by atoms with Gasteiger partial charge in [-0.15, -0.1) is 0 Å². The summed E-state index contributed by atoms with van der Waals surface area (Å²) >= 11 is 1.92. The number of rotatable bonds is 17. The molecule has 1 aromatic carbocycles. The van der Waals surface area contributed by atoms with E-state index in [0.717, 1.165) is 37.9 Å². The number of benzene rings is 1. The van der Waals surface area contributed by atoms with Gasteiger partial charge in [0.25, 0.3) is 0 Å². The first-order chi connectivity index (χ1) is 11.9. The maximum atomic E-state index is 5.62. The van der Waals surface area contributed by atoms with Gasteiger partial charge in [0, 0.05) is 18.1 Å². The van der Waals surface area contributed by atoms with Crippen molar-refractivity contribution in [1.29, 1.82) is 0 Å². The average molecular weight is 353 g/mol. The van der Waals surface area contributed by atoms with Crippen molar-refractivity contribution in [2.75, 3.05) is 32.2 Å². The van der Waals surface area contributed by atoms with Crippen LogP contribution in [0.5, 0.6) is 0 Å². The van der Waals surface area contributed by atoms with Gasteiger partial charge in [-0.05, 0) is 12.0 Å². The van der Waals surface area contributed by atoms with Gasteiger partial charge >= 0.3 is 0 Å². The summed E-state index contributed by atoms with van der Waals surface area (Å²) in [6.07, 6.45) is 10.8. The summed E-state index contributed by atoms with van der Waals surface area (Å²) in [4.78, 5) is 0. The SMILES string of the molecule is CCCCCCCCCCOCCOCCSCc1ccccc1. The molecule has 0 fully saturated rings. The van der Waals surface area contributed by atoms with Gasteiger partial charge in [0.15, 0.2) is 0 Å². The average Bonchev–Trinajstić information content (AvgIpc) is 2.62. The molecule has 0 aliphatic carbocycles. The zero-order chi connectivity index (χ0) is 17.1. The highest BCUT2D eigenvalue weighted by atomic mass is 32.2. The van der Waals surface area contributed by atoms with Crippen LogP contribution in [0.15, 0.2) is 30.3 Å². The van der Waals surface area contributed by atoms with E-state index in [4.69, 9.17) is 9.47 Å². The number of thioether (sulfide) groups is 1. The Bertz CT molecular complexity index is 356. The molecule has 0 unspecified atom stereocenters. The Morgan fingerprint density at radius 3 is 2.04 bits per heavy atom. The molecule has 0 aliphatic rings. The van der Waals surface area contributed by atoms with E-state index in [-0.39, 0.29) is 0 Å². The van der Waals surface area contributed by atoms with Crippen molar-refractivity contribution in [1.82, 2.24) is 0 Å². The summed E-state index contributed by atoms with van der Waals surface area (Å²) < 4.78 is 11.2. The van der Waals surface area contributed by atoms with Crippen LogP contribution in [-0.4, -0.2) is 32.2 Å². The van der Waals surface area contributed by atoms with Crippen molar-refractivity contribution in [2.45, 2.75) is 64.0 Å². The molecule has 0 aromatic heterocycles. The first-order valence-corrected chi connectivity index (χ1v) is 10.9. The molecule has 0 N–H and O–H groups in total. The Balaban J connectivity index is 1.70. The Morgan fingerprint density at radius 2 is 1.33 bits per heavy atom. The summed E-state index contributed by atoms with van der Waals surface area (Å²) in [5, 5.41) is 0. The van der Waals surface area contributed by atoms with Crippen molar-refractivity contribution < 1.29 is 9.47 Å². The summed E-state index contributed by atoms with van der Waals surface area (Å²) in [5.74, 6) is 2.12. The maximum Gasteiger partial charge on any atom is 0.0700 e. The molecule has 138 valence electrons. The van der Waals surface area contributed by atoms with Crippen LogP contribution in [0, 0.1) is 0 Å². The molecule has 24 heavy (non-hydrogen) atoms. The fourth-order valence-electron chi connectivity index (χ4n) is 2.54. The van der Waals surface area contributed by atoms with E-state index < -0.39 is 0 Å². The number of hydrogen-bond donors (Lipinski definition) is 0. The first kappa shape index (κ1) is 21.5. The van der Waals surface area contributed by atoms with Crippen LogP contribution in [0.25, 0.3) is 0 Å². The quantitative estimate of drug-likeness (QED) is 0.316. The van der Waals surface area contributed by atoms with Gasteiger partial charge in [-0.2, -0.15) is 11.8 Å². The molecule has 0 saturated heterocycles. The van der Waals surface area contributed by atoms with Crippen LogP contribution in [0.2, 0.25) is 0 Å². The van der Waals surface area contributed by atoms with Crippen LogP contribution >= 0.6 is 11.8 Å². The molecule has 0 spiro atoms. The summed E-state index contributed by atoms with van der Waals surface area (Å²) in [6, 6.07) is 10.6. The lowest BCUT2D eigenvalue weighted by atomic mass is 10.1. The molecule has 1 aromatic rings. The predicted molar refractivity (Wildman–Crippen MR) is 107 cm³/mol. The molecule has 2 nitrogen and oxygen atoms in total. The van der Waals surface area contributed by atoms with E-state index in [2.05, 4.69) is 37.3 Å². The third kappa shape index (κ3) is 13.9. The molecule has 0 saturated carbocycles. The number of unbranched alkanes of at least 4 members (excludes halogenated alkanes) is 7. The van der Waals surface area contributed by atoms with E-state index in [1.54, 1.807) is 0 Å². The summed E-state index contributed by atoms with van der Waals surface area (Å²) in [7, 11) is 0. The van der Waals surface area contributed by atoms with Crippen molar-refractivity contribution in [2.24, 2.45) is 0 Å². The highest BCUT2D eigenvalue weighted by Crippen LogP contribution is 2.11. The van der Waals surface area contributed by atoms with Crippen LogP contribution in [0.3, 0.4) is 0 Å². The normalized spacial score (nSPS) is 11.0. The Kier molecular flexibility index (Phi) is 15.5. The van der Waals surface area contributed by atoms with Gasteiger partial charge in [0.1, 0.15) is 0 Å². The van der Waals surface area contributed by atoms with Crippen LogP contribution < -0.4 is 0 Å². The molecule has 1 rings (SSSR count). The van der Waals surface area contributed by atoms with Gasteiger partial charge in [-0.25, -0.2) is 0 Å². The minimum atomic E-state index is 0.725. The largest absolute Gasteiger partial charge is 0.379 e. The maximum absolute atomic E-state index is 5.62. The molecular formula is C21H36O2S. The molecule has 0 atom stereocenters. The lowest BCUT2D eigenvalue weighted by molar-refractivity contribution is 0.0522. The van der Waals surface area contributed by atoms with Crippen molar-refractivity contribution in [3.8, 4) is 0 Å². The van der Waals surface area contributed by atoms with Crippen LogP contribution in [0.1, 0.15) is 63.9 Å². The molecule has 0 radical (unpaired) electrons. The number of hydrogen-bond acceptors (Lipinski definition) is 3. The lowest BCUT2D eigenvalue weighted by Crippen LogP contribution is -2.07. The molecular weight excluding hydrogens is 316 g/mol. The van der Waals surface area contributed by atoms with E-state index in [0.29, 0.717) is 0 Å². The summed E-state index contributed by atoms with van der Waals surface area (Å²) in [5.41, 5.74) is 1.39. The van der Waals surface area contributed by atoms with E-state index in [1.807, 2.05) is 11.8 Å². The minimum absolute atomic E-state index is 0.725. The zero-order valence-electron chi connectivity index (χ0n) is 15.5. The predicted octanol–water partition coefficient (Wildman–Crippen LogP) is 6.09. The van der Waals surface area contributed by atoms with Crippen LogP contribution in [0.4, 0.5) is 0 Å². The second-order valence-corrected chi connectivity index (χ2v) is 7.34. The van der Waals surface area contributed by atoms with Crippen molar-refractivity contribution >= 4 is 11.8 Å². The smallest absolute Gasteiger partial charge is 0.0700 e. The second kappa shape index (κ2) is 17.3. The molecule has 0 heterocycles. The van der Waals surface area contributed by atoms with Crippen LogP contribution in [-0.2, 0) is 15.2 Å². The van der Waals surface area contributed by atoms with Gasteiger partial charge in [-0.1, -0.05) is 82.2 Å². The molecule has 0 aliphatic heterocycles. The Labute approximate surface area is 153 Å². The second-order valence-electron chi connectivity index (χ2n) is 6.24. The third-order valence-corrected chi connectivity index (χ3v) is 4.99. The lowest BCUT2D eigenvalue weighted by Gasteiger charge is -2.06. The molecule has 3 heteroatoms. The number of ether oxygens (including phenoxy) is 2. The molecule has 0 amide bonds. The first-order valence-electron chi connectivity index (χ1n) is 9.70. The topological polar surface area (TPSA) is 18.5 Å². The fraction of sp³-hybridized carbons (Fsp3) is 0.714. The summed E-state index contributed by atoms with van der Waals surface area (Å²) in [6.45, 7) is 5.44. The van der Waals surface area contributed by atoms with Gasteiger partial charge in [-0.3, -0.25) is 0 Å². The van der Waals surface area contributed by atoms with Crippen molar-refractivity contribution in [3.05, 3.63) is 35.9 Å². The van der Waals surface area contributed by atoms with Gasteiger partial charge in [0.2, 0.25) is 0 Å². The van der Waals surface area contributed by atoms with E-state index in [1.165, 1.54) is 56.9 Å². The van der Waals surface area contributed by atoms with E-state index in [9.17, 15) is 0 Å². The third-order valence-electron chi connectivity index (χ3n) is 4.00. The van der Waals surface area contributed by atoms with E-state index >= 15 is 0 Å². The standard InChI is InChI=1S/C21H36O2S/c1-2-3-4-5-6-7-8-12-15-22-16-17-23-18-19-24-20-21-13-10-9-11-14-21/h9-11,13-14H,2-8,12,15-20H2,1H3. The fourth-order valence-corrected chi connectivity index (χ4v) is 3.35. The monoisotopic (exact) mass is 352 g/mol. The van der Waals surface area contributed by atoms with Gasteiger partial charge < -0.3 is 9.47 Å². The molecule has 0 bridgehead atoms. The highest BCUT2D eigenvalue weighted by Gasteiger charge is 1.95. The van der Waals surface area contributed by atoms with Crippen molar-refractivity contribution in [3.63, 3.8) is 0 Å². The van der Waals surface area contributed by atoms with Gasteiger partial charge in [0.05, 0.1) is 19.8 Å². The Hall–Kier alpha value is -0.510. The minimum Gasteiger partial charge on any atom is -0.379 e. The zero-order valence-corrected chi connectivity index (χ0v) is 16.3. The Morgan fingerprint density at radius 1 is 0.708 bits per heavy atom. The highest BCUT2D eigenvalue weighted by molar-refractivity contribution is 7.98.